The highest BCUT2D eigenvalue weighted by molar-refractivity contribution is 7.85. The Hall–Kier alpha value is -0.940. The fraction of sp³-hybridized carbons (Fsp3) is 0.455. The van der Waals surface area contributed by atoms with Gasteiger partial charge in [-0.2, -0.15) is 0 Å². The lowest BCUT2D eigenvalue weighted by Gasteiger charge is -2.26. The summed E-state index contributed by atoms with van der Waals surface area (Å²) in [5, 5.41) is 0.425. The first-order valence-electron chi connectivity index (χ1n) is 5.34. The van der Waals surface area contributed by atoms with Crippen molar-refractivity contribution in [3.63, 3.8) is 0 Å². The van der Waals surface area contributed by atoms with Crippen LogP contribution >= 0.6 is 11.6 Å². The molecule has 6 heteroatoms. The summed E-state index contributed by atoms with van der Waals surface area (Å²) in [7, 11) is -0.785. The fourth-order valence-corrected chi connectivity index (χ4v) is 3.03. The Morgan fingerprint density at radius 3 is 2.71 bits per heavy atom. The molecule has 2 rings (SSSR count). The number of aryl methyl sites for hydroxylation is 1. The molecule has 0 aliphatic carbocycles. The van der Waals surface area contributed by atoms with E-state index in [4.69, 9.17) is 11.6 Å². The number of pyridine rings is 1. The first kappa shape index (κ1) is 12.5. The van der Waals surface area contributed by atoms with E-state index in [0.29, 0.717) is 35.2 Å². The Balaban J connectivity index is 2.16. The summed E-state index contributed by atoms with van der Waals surface area (Å²) >= 11 is 6.02. The lowest BCUT2D eigenvalue weighted by Crippen LogP contribution is -2.41. The third-order valence-corrected chi connectivity index (χ3v) is 4.27. The highest BCUT2D eigenvalue weighted by atomic mass is 35.5. The molecule has 1 amide bonds. The minimum Gasteiger partial charge on any atom is -0.337 e. The SMILES string of the molecule is Cc1cc(Cl)c(C(=O)N2CCS(=O)CC2)cn1. The number of carbonyl (C=O) groups is 1. The summed E-state index contributed by atoms with van der Waals surface area (Å²) in [6.45, 7) is 2.87. The Kier molecular flexibility index (Phi) is 3.79. The van der Waals surface area contributed by atoms with Crippen LogP contribution in [0.25, 0.3) is 0 Å². The van der Waals surface area contributed by atoms with Gasteiger partial charge in [0.05, 0.1) is 10.6 Å². The minimum absolute atomic E-state index is 0.126. The van der Waals surface area contributed by atoms with Crippen LogP contribution in [0.5, 0.6) is 0 Å². The van der Waals surface area contributed by atoms with Crippen molar-refractivity contribution in [1.82, 2.24) is 9.88 Å². The average molecular weight is 273 g/mol. The number of carbonyl (C=O) groups excluding carboxylic acids is 1. The standard InChI is InChI=1S/C11H13ClN2O2S/c1-8-6-10(12)9(7-13-8)11(15)14-2-4-17(16)5-3-14/h6-7H,2-5H2,1H3. The van der Waals surface area contributed by atoms with Gasteiger partial charge in [-0.1, -0.05) is 11.6 Å². The normalized spacial score (nSPS) is 17.2. The van der Waals surface area contributed by atoms with Gasteiger partial charge in [-0.25, -0.2) is 0 Å². The van der Waals surface area contributed by atoms with Gasteiger partial charge in [0.15, 0.2) is 0 Å². The molecule has 0 unspecified atom stereocenters. The minimum atomic E-state index is -0.785. The largest absolute Gasteiger partial charge is 0.337 e. The zero-order chi connectivity index (χ0) is 12.4. The van der Waals surface area contributed by atoms with Crippen molar-refractivity contribution in [1.29, 1.82) is 0 Å². The van der Waals surface area contributed by atoms with E-state index in [-0.39, 0.29) is 5.91 Å². The number of halogens is 1. The molecule has 92 valence electrons. The fourth-order valence-electron chi connectivity index (χ4n) is 1.70. The van der Waals surface area contributed by atoms with Crippen molar-refractivity contribution in [2.75, 3.05) is 24.6 Å². The predicted octanol–water partition coefficient (Wildman–Crippen LogP) is 1.25. The maximum atomic E-state index is 12.1. The van der Waals surface area contributed by atoms with Crippen LogP contribution in [0.15, 0.2) is 12.3 Å². The Morgan fingerprint density at radius 1 is 1.47 bits per heavy atom. The molecule has 1 aromatic heterocycles. The molecule has 1 aromatic rings. The smallest absolute Gasteiger partial charge is 0.256 e. The molecule has 17 heavy (non-hydrogen) atoms. The topological polar surface area (TPSA) is 50.3 Å². The van der Waals surface area contributed by atoms with E-state index < -0.39 is 10.8 Å². The number of aromatic nitrogens is 1. The van der Waals surface area contributed by atoms with Gasteiger partial charge in [-0.15, -0.1) is 0 Å². The summed E-state index contributed by atoms with van der Waals surface area (Å²) in [6.07, 6.45) is 1.51. The van der Waals surface area contributed by atoms with Gasteiger partial charge < -0.3 is 4.90 Å². The number of amides is 1. The average Bonchev–Trinajstić information content (AvgIpc) is 2.29. The second-order valence-electron chi connectivity index (χ2n) is 3.95. The highest BCUT2D eigenvalue weighted by Crippen LogP contribution is 2.18. The zero-order valence-electron chi connectivity index (χ0n) is 9.48. The molecule has 0 aromatic carbocycles. The Labute approximate surface area is 107 Å². The first-order chi connectivity index (χ1) is 8.08. The second kappa shape index (κ2) is 5.14. The van der Waals surface area contributed by atoms with Crippen LogP contribution in [-0.2, 0) is 10.8 Å². The van der Waals surface area contributed by atoms with Crippen molar-refractivity contribution in [2.24, 2.45) is 0 Å². The van der Waals surface area contributed by atoms with Crippen molar-refractivity contribution in [3.8, 4) is 0 Å². The monoisotopic (exact) mass is 272 g/mol. The Morgan fingerprint density at radius 2 is 2.12 bits per heavy atom. The van der Waals surface area contributed by atoms with E-state index in [1.165, 1.54) is 6.20 Å². The van der Waals surface area contributed by atoms with E-state index in [2.05, 4.69) is 4.98 Å². The molecular formula is C11H13ClN2O2S. The lowest BCUT2D eigenvalue weighted by atomic mass is 10.2. The van der Waals surface area contributed by atoms with Gasteiger partial charge in [0.25, 0.3) is 5.91 Å². The number of nitrogens with zero attached hydrogens (tertiary/aromatic N) is 2. The second-order valence-corrected chi connectivity index (χ2v) is 6.05. The zero-order valence-corrected chi connectivity index (χ0v) is 11.1. The van der Waals surface area contributed by atoms with Gasteiger partial charge in [0, 0.05) is 47.3 Å². The third-order valence-electron chi connectivity index (χ3n) is 2.69. The maximum Gasteiger partial charge on any atom is 0.256 e. The molecule has 0 atom stereocenters. The van der Waals surface area contributed by atoms with Crippen LogP contribution < -0.4 is 0 Å². The first-order valence-corrected chi connectivity index (χ1v) is 7.21. The molecule has 0 radical (unpaired) electrons. The summed E-state index contributed by atoms with van der Waals surface area (Å²) in [4.78, 5) is 17.9. The van der Waals surface area contributed by atoms with E-state index in [9.17, 15) is 9.00 Å². The summed E-state index contributed by atoms with van der Waals surface area (Å²) in [6, 6.07) is 1.68. The van der Waals surface area contributed by atoms with E-state index in [0.717, 1.165) is 5.69 Å². The van der Waals surface area contributed by atoms with Gasteiger partial charge in [-0.05, 0) is 13.0 Å². The number of hydrogen-bond donors (Lipinski definition) is 0. The molecule has 2 heterocycles. The number of rotatable bonds is 1. The third kappa shape index (κ3) is 2.84. The van der Waals surface area contributed by atoms with Crippen LogP contribution in [0, 0.1) is 6.92 Å². The molecule has 0 saturated carbocycles. The molecule has 1 fully saturated rings. The van der Waals surface area contributed by atoms with E-state index in [1.54, 1.807) is 11.0 Å². The predicted molar refractivity (Wildman–Crippen MR) is 67.8 cm³/mol. The van der Waals surface area contributed by atoms with Crippen LogP contribution in [0.4, 0.5) is 0 Å². The van der Waals surface area contributed by atoms with Crippen LogP contribution in [0.1, 0.15) is 16.1 Å². The van der Waals surface area contributed by atoms with Gasteiger partial charge in [0.2, 0.25) is 0 Å². The van der Waals surface area contributed by atoms with Crippen molar-refractivity contribution in [3.05, 3.63) is 28.5 Å². The van der Waals surface area contributed by atoms with Gasteiger partial charge in [-0.3, -0.25) is 14.0 Å². The van der Waals surface area contributed by atoms with Gasteiger partial charge in [0.1, 0.15) is 0 Å². The summed E-state index contributed by atoms with van der Waals surface area (Å²) < 4.78 is 11.2. The van der Waals surface area contributed by atoms with Gasteiger partial charge >= 0.3 is 0 Å². The lowest BCUT2D eigenvalue weighted by molar-refractivity contribution is 0.0771. The molecule has 1 saturated heterocycles. The van der Waals surface area contributed by atoms with E-state index >= 15 is 0 Å². The molecule has 0 spiro atoms. The van der Waals surface area contributed by atoms with Crippen LogP contribution in [0.3, 0.4) is 0 Å². The molecule has 0 N–H and O–H groups in total. The van der Waals surface area contributed by atoms with E-state index in [1.807, 2.05) is 6.92 Å². The molecular weight excluding hydrogens is 260 g/mol. The van der Waals surface area contributed by atoms with Crippen molar-refractivity contribution < 1.29 is 9.00 Å². The molecule has 0 bridgehead atoms. The summed E-state index contributed by atoms with van der Waals surface area (Å²) in [5.41, 5.74) is 1.20. The summed E-state index contributed by atoms with van der Waals surface area (Å²) in [5.74, 6) is 0.963. The Bertz CT molecular complexity index is 469. The highest BCUT2D eigenvalue weighted by Gasteiger charge is 2.23. The maximum absolute atomic E-state index is 12.1. The molecule has 1 aliphatic rings. The molecule has 4 nitrogen and oxygen atoms in total. The van der Waals surface area contributed by atoms with Crippen molar-refractivity contribution >= 4 is 28.3 Å². The quantitative estimate of drug-likeness (QED) is 0.773. The van der Waals surface area contributed by atoms with Crippen LogP contribution in [-0.4, -0.2) is 44.6 Å². The number of hydrogen-bond acceptors (Lipinski definition) is 3. The van der Waals surface area contributed by atoms with Crippen LogP contribution in [0.2, 0.25) is 5.02 Å². The molecule has 1 aliphatic heterocycles. The van der Waals surface area contributed by atoms with Crippen molar-refractivity contribution in [2.45, 2.75) is 6.92 Å².